The van der Waals surface area contributed by atoms with Crippen molar-refractivity contribution < 1.29 is 4.74 Å². The van der Waals surface area contributed by atoms with E-state index < -0.39 is 0 Å². The van der Waals surface area contributed by atoms with Crippen molar-refractivity contribution in [1.29, 1.82) is 0 Å². The lowest BCUT2D eigenvalue weighted by atomic mass is 10.0. The van der Waals surface area contributed by atoms with Gasteiger partial charge in [0.1, 0.15) is 11.6 Å². The average Bonchev–Trinajstić information content (AvgIpc) is 3.17. The Balaban J connectivity index is 1.62. The summed E-state index contributed by atoms with van der Waals surface area (Å²) in [7, 11) is 1.71. The van der Waals surface area contributed by atoms with Gasteiger partial charge in [-0.15, -0.1) is 0 Å². The molecule has 0 fully saturated rings. The van der Waals surface area contributed by atoms with Gasteiger partial charge in [-0.2, -0.15) is 0 Å². The molecule has 4 aromatic rings. The molecular weight excluding hydrogens is 386 g/mol. The smallest absolute Gasteiger partial charge is 0.133 e. The van der Waals surface area contributed by atoms with Crippen LogP contribution in [0.15, 0.2) is 36.5 Å². The second kappa shape index (κ2) is 9.54. The van der Waals surface area contributed by atoms with E-state index in [-0.39, 0.29) is 0 Å². The van der Waals surface area contributed by atoms with Gasteiger partial charge in [0.15, 0.2) is 0 Å². The van der Waals surface area contributed by atoms with Gasteiger partial charge < -0.3 is 25.7 Å². The third-order valence-corrected chi connectivity index (χ3v) is 6.17. The van der Waals surface area contributed by atoms with Crippen LogP contribution in [0.25, 0.3) is 32.6 Å². The maximum Gasteiger partial charge on any atom is 0.133 e. The summed E-state index contributed by atoms with van der Waals surface area (Å²) in [6.45, 7) is 9.23. The Kier molecular flexibility index (Phi) is 6.59. The minimum absolute atomic E-state index is 0.752. The third-order valence-electron chi connectivity index (χ3n) is 6.17. The summed E-state index contributed by atoms with van der Waals surface area (Å²) >= 11 is 0. The number of nitrogens with two attached hydrogens (primary N) is 1. The largest absolute Gasteiger partial charge is 0.497 e. The highest BCUT2D eigenvalue weighted by Gasteiger charge is 2.13. The van der Waals surface area contributed by atoms with Crippen molar-refractivity contribution in [2.24, 2.45) is 5.73 Å². The molecule has 164 valence electrons. The lowest BCUT2D eigenvalue weighted by molar-refractivity contribution is 0.285. The van der Waals surface area contributed by atoms with E-state index in [2.05, 4.69) is 58.3 Å². The fraction of sp³-hybridized carbons (Fsp3) is 0.400. The Bertz CT molecular complexity index is 1180. The summed E-state index contributed by atoms with van der Waals surface area (Å²) in [6, 6.07) is 10.5. The molecule has 2 heterocycles. The summed E-state index contributed by atoms with van der Waals surface area (Å²) < 4.78 is 5.45. The number of fused-ring (bicyclic) bond motifs is 4. The van der Waals surface area contributed by atoms with Crippen LogP contribution in [0.2, 0.25) is 0 Å². The summed E-state index contributed by atoms with van der Waals surface area (Å²) in [6.07, 6.45) is 4.02. The van der Waals surface area contributed by atoms with Crippen LogP contribution in [0.3, 0.4) is 0 Å². The first-order chi connectivity index (χ1) is 15.2. The van der Waals surface area contributed by atoms with Crippen molar-refractivity contribution in [3.8, 4) is 5.75 Å². The van der Waals surface area contributed by atoms with Gasteiger partial charge in [0.2, 0.25) is 0 Å². The molecule has 0 aliphatic carbocycles. The molecule has 0 aliphatic rings. The minimum atomic E-state index is 0.752. The molecule has 4 N–H and O–H groups in total. The minimum Gasteiger partial charge on any atom is -0.497 e. The van der Waals surface area contributed by atoms with E-state index in [1.807, 2.05) is 12.3 Å². The summed E-state index contributed by atoms with van der Waals surface area (Å²) in [4.78, 5) is 10.7. The molecule has 6 nitrogen and oxygen atoms in total. The van der Waals surface area contributed by atoms with Gasteiger partial charge in [-0.3, -0.25) is 0 Å². The predicted octanol–water partition coefficient (Wildman–Crippen LogP) is 4.66. The van der Waals surface area contributed by atoms with Gasteiger partial charge in [0.05, 0.1) is 12.6 Å². The summed E-state index contributed by atoms with van der Waals surface area (Å²) in [5.41, 5.74) is 9.19. The standard InChI is InChI=1S/C25H33N5O/c1-4-30(13-5-10-26)14-6-11-27-25-22-16-21-20-15-18(31-3)7-8-23(20)29-24(21)17(2)19(22)9-12-28-25/h7-9,12,15-16,29H,4-6,10-11,13-14,26H2,1-3H3,(H,27,28). The average molecular weight is 420 g/mol. The number of rotatable bonds is 10. The zero-order valence-corrected chi connectivity index (χ0v) is 18.8. The van der Waals surface area contributed by atoms with Crippen molar-refractivity contribution in [2.75, 3.05) is 45.2 Å². The molecule has 2 aromatic heterocycles. The number of anilines is 1. The van der Waals surface area contributed by atoms with Crippen molar-refractivity contribution in [1.82, 2.24) is 14.9 Å². The van der Waals surface area contributed by atoms with Crippen molar-refractivity contribution in [3.05, 3.63) is 42.1 Å². The van der Waals surface area contributed by atoms with Crippen LogP contribution < -0.4 is 15.8 Å². The Hall–Kier alpha value is -2.83. The van der Waals surface area contributed by atoms with Crippen molar-refractivity contribution >= 4 is 38.4 Å². The first-order valence-corrected chi connectivity index (χ1v) is 11.2. The van der Waals surface area contributed by atoms with Gasteiger partial charge in [-0.1, -0.05) is 6.92 Å². The van der Waals surface area contributed by atoms with Crippen molar-refractivity contribution in [3.63, 3.8) is 0 Å². The van der Waals surface area contributed by atoms with Gasteiger partial charge in [0.25, 0.3) is 0 Å². The predicted molar refractivity (Wildman–Crippen MR) is 131 cm³/mol. The first kappa shape index (κ1) is 21.4. The Morgan fingerprint density at radius 1 is 1.06 bits per heavy atom. The maximum absolute atomic E-state index is 5.65. The van der Waals surface area contributed by atoms with Crippen LogP contribution in [-0.4, -0.2) is 54.7 Å². The van der Waals surface area contributed by atoms with E-state index in [1.165, 1.54) is 27.2 Å². The molecule has 4 rings (SSSR count). The van der Waals surface area contributed by atoms with Crippen LogP contribution in [0.5, 0.6) is 5.75 Å². The first-order valence-electron chi connectivity index (χ1n) is 11.2. The molecule has 0 bridgehead atoms. The fourth-order valence-corrected chi connectivity index (χ4v) is 4.38. The number of benzene rings is 2. The highest BCUT2D eigenvalue weighted by molar-refractivity contribution is 6.15. The molecule has 0 aliphatic heterocycles. The lowest BCUT2D eigenvalue weighted by Crippen LogP contribution is -2.28. The quantitative estimate of drug-likeness (QED) is 0.326. The molecule has 6 heteroatoms. The Morgan fingerprint density at radius 2 is 1.90 bits per heavy atom. The number of aromatic nitrogens is 2. The van der Waals surface area contributed by atoms with E-state index in [0.29, 0.717) is 0 Å². The molecule has 0 radical (unpaired) electrons. The zero-order valence-electron chi connectivity index (χ0n) is 18.8. The second-order valence-corrected chi connectivity index (χ2v) is 8.07. The van der Waals surface area contributed by atoms with E-state index in [9.17, 15) is 0 Å². The van der Waals surface area contributed by atoms with Gasteiger partial charge in [0, 0.05) is 34.4 Å². The number of hydrogen-bond acceptors (Lipinski definition) is 5. The Labute approximate surface area is 183 Å². The summed E-state index contributed by atoms with van der Waals surface area (Å²) in [5.74, 6) is 1.82. The normalized spacial score (nSPS) is 11.8. The highest BCUT2D eigenvalue weighted by atomic mass is 16.5. The molecule has 0 unspecified atom stereocenters. The molecule has 0 spiro atoms. The molecule has 0 atom stereocenters. The number of ether oxygens (including phenoxy) is 1. The SMILES string of the molecule is CCN(CCCN)CCCNc1nccc2c(C)c3[nH]c4ccc(OC)cc4c3cc12. The number of aromatic amines is 1. The van der Waals surface area contributed by atoms with E-state index in [0.717, 1.165) is 68.0 Å². The van der Waals surface area contributed by atoms with Gasteiger partial charge in [-0.25, -0.2) is 4.98 Å². The van der Waals surface area contributed by atoms with E-state index in [4.69, 9.17) is 10.5 Å². The number of hydrogen-bond donors (Lipinski definition) is 3. The number of H-pyrrole nitrogens is 1. The Morgan fingerprint density at radius 3 is 2.68 bits per heavy atom. The summed E-state index contributed by atoms with van der Waals surface area (Å²) in [5, 5.41) is 8.34. The lowest BCUT2D eigenvalue weighted by Gasteiger charge is -2.20. The van der Waals surface area contributed by atoms with Crippen molar-refractivity contribution in [2.45, 2.75) is 26.7 Å². The van der Waals surface area contributed by atoms with Crippen LogP contribution >= 0.6 is 0 Å². The molecule has 0 saturated carbocycles. The topological polar surface area (TPSA) is 79.2 Å². The van der Waals surface area contributed by atoms with Crippen LogP contribution in [-0.2, 0) is 0 Å². The van der Waals surface area contributed by atoms with Crippen LogP contribution in [0, 0.1) is 6.92 Å². The molecule has 0 amide bonds. The second-order valence-electron chi connectivity index (χ2n) is 8.07. The monoisotopic (exact) mass is 419 g/mol. The molecular formula is C25H33N5O. The molecule has 31 heavy (non-hydrogen) atoms. The van der Waals surface area contributed by atoms with Gasteiger partial charge >= 0.3 is 0 Å². The highest BCUT2D eigenvalue weighted by Crippen LogP contribution is 2.36. The number of aryl methyl sites for hydroxylation is 1. The zero-order chi connectivity index (χ0) is 21.8. The maximum atomic E-state index is 5.65. The number of nitrogens with zero attached hydrogens (tertiary/aromatic N) is 2. The van der Waals surface area contributed by atoms with E-state index >= 15 is 0 Å². The van der Waals surface area contributed by atoms with Crippen LogP contribution in [0.4, 0.5) is 5.82 Å². The number of nitrogens with one attached hydrogen (secondary N) is 2. The van der Waals surface area contributed by atoms with Gasteiger partial charge in [-0.05, 0) is 87.2 Å². The fourth-order valence-electron chi connectivity index (χ4n) is 4.38. The molecule has 2 aromatic carbocycles. The number of pyridine rings is 1. The number of methoxy groups -OCH3 is 1. The third kappa shape index (κ3) is 4.31. The van der Waals surface area contributed by atoms with E-state index in [1.54, 1.807) is 7.11 Å². The molecule has 0 saturated heterocycles. The van der Waals surface area contributed by atoms with Crippen LogP contribution in [0.1, 0.15) is 25.3 Å².